The molecule has 8 nitrogen and oxygen atoms in total. The number of halogens is 1. The van der Waals surface area contributed by atoms with Gasteiger partial charge in [-0.25, -0.2) is 13.3 Å². The summed E-state index contributed by atoms with van der Waals surface area (Å²) < 4.78 is 38.5. The Morgan fingerprint density at radius 2 is 1.57 bits per heavy atom. The highest BCUT2D eigenvalue weighted by atomic mass is 35.5. The molecule has 0 radical (unpaired) electrons. The average molecular weight is 425 g/mol. The lowest BCUT2D eigenvalue weighted by atomic mass is 10.2. The molecule has 148 valence electrons. The van der Waals surface area contributed by atoms with E-state index in [0.29, 0.717) is 5.02 Å². The second-order valence-electron chi connectivity index (χ2n) is 5.91. The fraction of sp³-hybridized carbons (Fsp3) is 0.222. The SMILES string of the molecule is COc1ccc(Cl)cc1NS(=O)(=O)c1ccc(OC)c(N2C(=O)CCC2=O)c1. The van der Waals surface area contributed by atoms with Crippen LogP contribution in [0.2, 0.25) is 5.02 Å². The lowest BCUT2D eigenvalue weighted by Crippen LogP contribution is -2.29. The first-order valence-electron chi connectivity index (χ1n) is 8.17. The standard InChI is InChI=1S/C18H17ClN2O6S/c1-26-15-5-3-11(19)9-13(15)20-28(24,25)12-4-6-16(27-2)14(10-12)21-17(22)7-8-18(21)23/h3-6,9-10,20H,7-8H2,1-2H3. The number of ether oxygens (including phenoxy) is 2. The van der Waals surface area contributed by atoms with Crippen molar-refractivity contribution >= 4 is 44.8 Å². The molecule has 2 aromatic rings. The third kappa shape index (κ3) is 3.76. The van der Waals surface area contributed by atoms with Gasteiger partial charge in [0.05, 0.1) is 30.5 Å². The first-order valence-corrected chi connectivity index (χ1v) is 10.0. The van der Waals surface area contributed by atoms with Gasteiger partial charge in [-0.2, -0.15) is 0 Å². The predicted octanol–water partition coefficient (Wildman–Crippen LogP) is 2.81. The zero-order chi connectivity index (χ0) is 20.5. The molecule has 0 bridgehead atoms. The van der Waals surface area contributed by atoms with E-state index in [-0.39, 0.29) is 40.6 Å². The molecule has 1 saturated heterocycles. The zero-order valence-corrected chi connectivity index (χ0v) is 16.6. The van der Waals surface area contributed by atoms with E-state index in [1.807, 2.05) is 0 Å². The van der Waals surface area contributed by atoms with Crippen LogP contribution >= 0.6 is 11.6 Å². The van der Waals surface area contributed by atoms with Crippen molar-refractivity contribution in [2.75, 3.05) is 23.8 Å². The van der Waals surface area contributed by atoms with Crippen LogP contribution in [0.4, 0.5) is 11.4 Å². The molecule has 28 heavy (non-hydrogen) atoms. The zero-order valence-electron chi connectivity index (χ0n) is 15.1. The molecule has 3 rings (SSSR count). The van der Waals surface area contributed by atoms with Crippen LogP contribution in [0, 0.1) is 0 Å². The van der Waals surface area contributed by atoms with Gasteiger partial charge < -0.3 is 9.47 Å². The van der Waals surface area contributed by atoms with E-state index >= 15 is 0 Å². The molecule has 2 amide bonds. The Bertz CT molecular complexity index is 1040. The molecule has 10 heteroatoms. The number of amides is 2. The Morgan fingerprint density at radius 3 is 2.18 bits per heavy atom. The minimum absolute atomic E-state index is 0.0664. The van der Waals surface area contributed by atoms with Crippen molar-refractivity contribution < 1.29 is 27.5 Å². The van der Waals surface area contributed by atoms with Gasteiger partial charge >= 0.3 is 0 Å². The lowest BCUT2D eigenvalue weighted by Gasteiger charge is -2.19. The summed E-state index contributed by atoms with van der Waals surface area (Å²) >= 11 is 5.94. The van der Waals surface area contributed by atoms with Gasteiger partial charge in [-0.3, -0.25) is 14.3 Å². The molecule has 0 spiro atoms. The first kappa shape index (κ1) is 20.0. The molecular weight excluding hydrogens is 408 g/mol. The van der Waals surface area contributed by atoms with Crippen molar-refractivity contribution in [1.82, 2.24) is 0 Å². The Kier molecular flexibility index (Phi) is 5.48. The minimum Gasteiger partial charge on any atom is -0.495 e. The minimum atomic E-state index is -4.07. The molecule has 1 aliphatic heterocycles. The van der Waals surface area contributed by atoms with Crippen LogP contribution < -0.4 is 19.1 Å². The monoisotopic (exact) mass is 424 g/mol. The van der Waals surface area contributed by atoms with Gasteiger partial charge in [0, 0.05) is 17.9 Å². The molecule has 0 aliphatic carbocycles. The summed E-state index contributed by atoms with van der Waals surface area (Å²) in [6, 6.07) is 8.43. The number of carbonyl (C=O) groups excluding carboxylic acids is 2. The molecular formula is C18H17ClN2O6S. The van der Waals surface area contributed by atoms with Gasteiger partial charge in [0.15, 0.2) is 0 Å². The maximum absolute atomic E-state index is 12.9. The Morgan fingerprint density at radius 1 is 0.964 bits per heavy atom. The van der Waals surface area contributed by atoms with E-state index in [2.05, 4.69) is 4.72 Å². The van der Waals surface area contributed by atoms with Crippen LogP contribution in [-0.2, 0) is 19.6 Å². The summed E-state index contributed by atoms with van der Waals surface area (Å²) in [5.74, 6) is -0.334. The van der Waals surface area contributed by atoms with Crippen LogP contribution in [-0.4, -0.2) is 34.5 Å². The molecule has 1 N–H and O–H groups in total. The summed E-state index contributed by atoms with van der Waals surface area (Å²) in [5, 5.41) is 0.321. The number of benzene rings is 2. The summed E-state index contributed by atoms with van der Waals surface area (Å²) in [7, 11) is -1.30. The third-order valence-electron chi connectivity index (χ3n) is 4.16. The Labute approximate surface area is 167 Å². The lowest BCUT2D eigenvalue weighted by molar-refractivity contribution is -0.121. The van der Waals surface area contributed by atoms with Crippen LogP contribution in [0.1, 0.15) is 12.8 Å². The Balaban J connectivity index is 2.03. The maximum Gasteiger partial charge on any atom is 0.262 e. The van der Waals surface area contributed by atoms with Crippen molar-refractivity contribution in [3.63, 3.8) is 0 Å². The first-order chi connectivity index (χ1) is 13.3. The van der Waals surface area contributed by atoms with Gasteiger partial charge in [-0.1, -0.05) is 11.6 Å². The molecule has 0 unspecified atom stereocenters. The number of rotatable bonds is 6. The fourth-order valence-corrected chi connectivity index (χ4v) is 4.07. The number of nitrogens with zero attached hydrogens (tertiary/aromatic N) is 1. The smallest absolute Gasteiger partial charge is 0.262 e. The summed E-state index contributed by atoms with van der Waals surface area (Å²) in [6.07, 6.45) is 0.133. The van der Waals surface area contributed by atoms with Gasteiger partial charge in [0.2, 0.25) is 11.8 Å². The van der Waals surface area contributed by atoms with Gasteiger partial charge in [-0.05, 0) is 36.4 Å². The highest BCUT2D eigenvalue weighted by molar-refractivity contribution is 7.92. The topological polar surface area (TPSA) is 102 Å². The molecule has 0 atom stereocenters. The van der Waals surface area contributed by atoms with E-state index in [1.54, 1.807) is 6.07 Å². The van der Waals surface area contributed by atoms with E-state index < -0.39 is 21.8 Å². The Hall–Kier alpha value is -2.78. The fourth-order valence-electron chi connectivity index (χ4n) is 2.82. The number of methoxy groups -OCH3 is 2. The highest BCUT2D eigenvalue weighted by Crippen LogP contribution is 2.35. The van der Waals surface area contributed by atoms with Crippen molar-refractivity contribution in [3.8, 4) is 11.5 Å². The van der Waals surface area contributed by atoms with E-state index in [4.69, 9.17) is 21.1 Å². The summed E-state index contributed by atoms with van der Waals surface area (Å²) in [4.78, 5) is 24.9. The van der Waals surface area contributed by atoms with E-state index in [0.717, 1.165) is 4.90 Å². The van der Waals surface area contributed by atoms with Crippen molar-refractivity contribution in [2.24, 2.45) is 0 Å². The molecule has 0 aromatic heterocycles. The molecule has 1 fully saturated rings. The second-order valence-corrected chi connectivity index (χ2v) is 8.03. The van der Waals surface area contributed by atoms with Crippen LogP contribution in [0.15, 0.2) is 41.3 Å². The van der Waals surface area contributed by atoms with Crippen molar-refractivity contribution in [2.45, 2.75) is 17.7 Å². The second kappa shape index (κ2) is 7.69. The number of nitrogens with one attached hydrogen (secondary N) is 1. The highest BCUT2D eigenvalue weighted by Gasteiger charge is 2.33. The van der Waals surface area contributed by atoms with Crippen molar-refractivity contribution in [3.05, 3.63) is 41.4 Å². The predicted molar refractivity (Wildman–Crippen MR) is 104 cm³/mol. The molecule has 2 aromatic carbocycles. The third-order valence-corrected chi connectivity index (χ3v) is 5.76. The average Bonchev–Trinajstić information content (AvgIpc) is 2.99. The number of sulfonamides is 1. The number of anilines is 2. The van der Waals surface area contributed by atoms with Gasteiger partial charge in [0.1, 0.15) is 11.5 Å². The largest absolute Gasteiger partial charge is 0.495 e. The van der Waals surface area contributed by atoms with Crippen molar-refractivity contribution in [1.29, 1.82) is 0 Å². The number of imide groups is 1. The molecule has 1 heterocycles. The van der Waals surface area contributed by atoms with Gasteiger partial charge in [0.25, 0.3) is 10.0 Å². The van der Waals surface area contributed by atoms with Crippen LogP contribution in [0.3, 0.4) is 0 Å². The summed E-state index contributed by atoms with van der Waals surface area (Å²) in [5.41, 5.74) is 0.233. The van der Waals surface area contributed by atoms with Crippen LogP contribution in [0.5, 0.6) is 11.5 Å². The van der Waals surface area contributed by atoms with Gasteiger partial charge in [-0.15, -0.1) is 0 Å². The number of hydrogen-bond donors (Lipinski definition) is 1. The number of hydrogen-bond acceptors (Lipinski definition) is 6. The van der Waals surface area contributed by atoms with E-state index in [9.17, 15) is 18.0 Å². The number of carbonyl (C=O) groups is 2. The maximum atomic E-state index is 12.9. The quantitative estimate of drug-likeness (QED) is 0.715. The normalized spacial score (nSPS) is 14.3. The molecule has 0 saturated carbocycles. The van der Waals surface area contributed by atoms with E-state index in [1.165, 1.54) is 44.6 Å². The summed E-state index contributed by atoms with van der Waals surface area (Å²) in [6.45, 7) is 0. The molecule has 1 aliphatic rings. The van der Waals surface area contributed by atoms with Crippen LogP contribution in [0.25, 0.3) is 0 Å².